The van der Waals surface area contributed by atoms with Gasteiger partial charge in [-0.2, -0.15) is 0 Å². The number of hydrogen-bond acceptors (Lipinski definition) is 3. The fourth-order valence-electron chi connectivity index (χ4n) is 2.15. The van der Waals surface area contributed by atoms with Crippen molar-refractivity contribution < 1.29 is 9.53 Å². The van der Waals surface area contributed by atoms with E-state index in [1.807, 2.05) is 11.8 Å². The van der Waals surface area contributed by atoms with Crippen LogP contribution in [0, 0.1) is 5.92 Å². The summed E-state index contributed by atoms with van der Waals surface area (Å²) < 4.78 is 5.60. The van der Waals surface area contributed by atoms with E-state index >= 15 is 0 Å². The van der Waals surface area contributed by atoms with Crippen molar-refractivity contribution in [3.63, 3.8) is 0 Å². The van der Waals surface area contributed by atoms with Gasteiger partial charge in [0, 0.05) is 19.7 Å². The maximum Gasteiger partial charge on any atom is 0.225 e. The topological polar surface area (TPSA) is 55.6 Å². The molecule has 0 aliphatic carbocycles. The molecule has 0 aromatic heterocycles. The van der Waals surface area contributed by atoms with Crippen LogP contribution in [-0.4, -0.2) is 43.2 Å². The van der Waals surface area contributed by atoms with E-state index in [4.69, 9.17) is 10.5 Å². The maximum absolute atomic E-state index is 12.1. The molecular weight excluding hydrogens is 216 g/mol. The number of nitrogens with zero attached hydrogens (tertiary/aromatic N) is 1. The van der Waals surface area contributed by atoms with Crippen LogP contribution in [0.2, 0.25) is 0 Å². The van der Waals surface area contributed by atoms with Crippen LogP contribution in [-0.2, 0) is 9.53 Å². The van der Waals surface area contributed by atoms with Crippen LogP contribution in [0.25, 0.3) is 0 Å². The van der Waals surface area contributed by atoms with E-state index in [-0.39, 0.29) is 12.0 Å². The molecule has 0 radical (unpaired) electrons. The van der Waals surface area contributed by atoms with E-state index in [2.05, 4.69) is 6.92 Å². The van der Waals surface area contributed by atoms with E-state index < -0.39 is 0 Å². The molecule has 17 heavy (non-hydrogen) atoms. The molecule has 100 valence electrons. The van der Waals surface area contributed by atoms with Gasteiger partial charge in [-0.05, 0) is 38.6 Å². The zero-order valence-corrected chi connectivity index (χ0v) is 11.2. The number of nitrogens with two attached hydrogens (primary N) is 1. The molecule has 2 atom stereocenters. The molecule has 1 saturated heterocycles. The zero-order valence-electron chi connectivity index (χ0n) is 11.2. The summed E-state index contributed by atoms with van der Waals surface area (Å²) in [6, 6.07) is 0. The summed E-state index contributed by atoms with van der Waals surface area (Å²) in [6.45, 7) is 7.05. The Labute approximate surface area is 104 Å². The molecule has 2 unspecified atom stereocenters. The number of ether oxygens (including phenoxy) is 1. The molecule has 4 nitrogen and oxygen atoms in total. The van der Waals surface area contributed by atoms with Crippen molar-refractivity contribution in [1.82, 2.24) is 4.90 Å². The number of rotatable bonds is 6. The number of hydrogen-bond donors (Lipinski definition) is 1. The van der Waals surface area contributed by atoms with Crippen LogP contribution in [0.4, 0.5) is 0 Å². The third kappa shape index (κ3) is 5.04. The smallest absolute Gasteiger partial charge is 0.225 e. The SMILES string of the molecule is CCN(CC(C)CN)C(=O)CC1CCCCO1. The summed E-state index contributed by atoms with van der Waals surface area (Å²) in [5.41, 5.74) is 5.60. The van der Waals surface area contributed by atoms with E-state index in [0.29, 0.717) is 18.9 Å². The standard InChI is InChI=1S/C13H26N2O2/c1-3-15(10-11(2)9-14)13(16)8-12-6-4-5-7-17-12/h11-12H,3-10,14H2,1-2H3. The molecule has 1 rings (SSSR count). The minimum atomic E-state index is 0.137. The van der Waals surface area contributed by atoms with Crippen molar-refractivity contribution in [3.05, 3.63) is 0 Å². The highest BCUT2D eigenvalue weighted by Gasteiger charge is 2.21. The van der Waals surface area contributed by atoms with E-state index in [9.17, 15) is 4.79 Å². The lowest BCUT2D eigenvalue weighted by Crippen LogP contribution is -2.38. The van der Waals surface area contributed by atoms with Gasteiger partial charge in [0.25, 0.3) is 0 Å². The lowest BCUT2D eigenvalue weighted by atomic mass is 10.1. The van der Waals surface area contributed by atoms with Crippen molar-refractivity contribution in [2.24, 2.45) is 11.7 Å². The monoisotopic (exact) mass is 242 g/mol. The molecule has 2 N–H and O–H groups in total. The van der Waals surface area contributed by atoms with Gasteiger partial charge in [0.1, 0.15) is 0 Å². The van der Waals surface area contributed by atoms with Gasteiger partial charge < -0.3 is 15.4 Å². The Morgan fingerprint density at radius 3 is 2.82 bits per heavy atom. The Bertz CT molecular complexity index is 227. The molecule has 1 amide bonds. The molecule has 1 heterocycles. The highest BCUT2D eigenvalue weighted by Crippen LogP contribution is 2.16. The van der Waals surface area contributed by atoms with E-state index in [0.717, 1.165) is 32.5 Å². The molecule has 0 bridgehead atoms. The first-order valence-electron chi connectivity index (χ1n) is 6.76. The minimum Gasteiger partial charge on any atom is -0.378 e. The van der Waals surface area contributed by atoms with Crippen molar-refractivity contribution in [2.45, 2.75) is 45.6 Å². The summed E-state index contributed by atoms with van der Waals surface area (Å²) in [6.07, 6.45) is 4.01. The molecular formula is C13H26N2O2. The Hall–Kier alpha value is -0.610. The van der Waals surface area contributed by atoms with Gasteiger partial charge in [0.05, 0.1) is 12.5 Å². The first-order chi connectivity index (χ1) is 8.17. The van der Waals surface area contributed by atoms with Crippen LogP contribution in [0.3, 0.4) is 0 Å². The maximum atomic E-state index is 12.1. The van der Waals surface area contributed by atoms with Crippen molar-refractivity contribution in [2.75, 3.05) is 26.2 Å². The summed E-state index contributed by atoms with van der Waals surface area (Å²) in [5, 5.41) is 0. The van der Waals surface area contributed by atoms with E-state index in [1.54, 1.807) is 0 Å². The fraction of sp³-hybridized carbons (Fsp3) is 0.923. The second-order valence-electron chi connectivity index (χ2n) is 4.97. The second kappa shape index (κ2) is 7.67. The second-order valence-corrected chi connectivity index (χ2v) is 4.97. The predicted octanol–water partition coefficient (Wildman–Crippen LogP) is 1.39. The molecule has 4 heteroatoms. The quantitative estimate of drug-likeness (QED) is 0.765. The highest BCUT2D eigenvalue weighted by molar-refractivity contribution is 5.76. The molecule has 0 aromatic rings. The Morgan fingerprint density at radius 1 is 1.53 bits per heavy atom. The van der Waals surface area contributed by atoms with Gasteiger partial charge in [0.2, 0.25) is 5.91 Å². The van der Waals surface area contributed by atoms with Crippen LogP contribution in [0.1, 0.15) is 39.5 Å². The third-order valence-corrected chi connectivity index (χ3v) is 3.35. The summed E-state index contributed by atoms with van der Waals surface area (Å²) >= 11 is 0. The normalized spacial score (nSPS) is 22.2. The Kier molecular flexibility index (Phi) is 6.52. The van der Waals surface area contributed by atoms with Crippen LogP contribution in [0.15, 0.2) is 0 Å². The predicted molar refractivity (Wildman–Crippen MR) is 68.7 cm³/mol. The van der Waals surface area contributed by atoms with Crippen molar-refractivity contribution in [1.29, 1.82) is 0 Å². The van der Waals surface area contributed by atoms with Gasteiger partial charge >= 0.3 is 0 Å². The Balaban J connectivity index is 2.36. The summed E-state index contributed by atoms with van der Waals surface area (Å²) in [5.74, 6) is 0.575. The van der Waals surface area contributed by atoms with Crippen molar-refractivity contribution in [3.8, 4) is 0 Å². The molecule has 0 saturated carbocycles. The number of amides is 1. The Morgan fingerprint density at radius 2 is 2.29 bits per heavy atom. The molecule has 1 aliphatic heterocycles. The number of carbonyl (C=O) groups is 1. The summed E-state index contributed by atoms with van der Waals surface area (Å²) in [4.78, 5) is 14.0. The molecule has 1 fully saturated rings. The third-order valence-electron chi connectivity index (χ3n) is 3.35. The fourth-order valence-corrected chi connectivity index (χ4v) is 2.15. The van der Waals surface area contributed by atoms with Gasteiger partial charge in [-0.3, -0.25) is 4.79 Å². The highest BCUT2D eigenvalue weighted by atomic mass is 16.5. The average Bonchev–Trinajstić information content (AvgIpc) is 2.36. The van der Waals surface area contributed by atoms with Gasteiger partial charge in [-0.15, -0.1) is 0 Å². The van der Waals surface area contributed by atoms with Crippen LogP contribution < -0.4 is 5.73 Å². The number of carbonyl (C=O) groups excluding carboxylic acids is 1. The largest absolute Gasteiger partial charge is 0.378 e. The van der Waals surface area contributed by atoms with Crippen LogP contribution >= 0.6 is 0 Å². The van der Waals surface area contributed by atoms with E-state index in [1.165, 1.54) is 6.42 Å². The van der Waals surface area contributed by atoms with Gasteiger partial charge in [0.15, 0.2) is 0 Å². The first kappa shape index (κ1) is 14.5. The minimum absolute atomic E-state index is 0.137. The molecule has 0 spiro atoms. The van der Waals surface area contributed by atoms with Gasteiger partial charge in [-0.25, -0.2) is 0 Å². The lowest BCUT2D eigenvalue weighted by molar-refractivity contribution is -0.135. The zero-order chi connectivity index (χ0) is 12.7. The molecule has 1 aliphatic rings. The van der Waals surface area contributed by atoms with Crippen LogP contribution in [0.5, 0.6) is 0 Å². The lowest BCUT2D eigenvalue weighted by Gasteiger charge is -2.28. The molecule has 0 aromatic carbocycles. The van der Waals surface area contributed by atoms with Crippen molar-refractivity contribution >= 4 is 5.91 Å². The summed E-state index contributed by atoms with van der Waals surface area (Å²) in [7, 11) is 0. The average molecular weight is 242 g/mol. The van der Waals surface area contributed by atoms with Gasteiger partial charge in [-0.1, -0.05) is 6.92 Å². The first-order valence-corrected chi connectivity index (χ1v) is 6.76.